The maximum absolute atomic E-state index is 12.7. The van der Waals surface area contributed by atoms with Gasteiger partial charge < -0.3 is 59.9 Å². The Morgan fingerprint density at radius 3 is 1.40 bits per heavy atom. The molecule has 8 aliphatic rings. The van der Waals surface area contributed by atoms with Gasteiger partial charge in [0.05, 0.1) is 59.1 Å². The third-order valence-electron chi connectivity index (χ3n) is 20.5. The van der Waals surface area contributed by atoms with Gasteiger partial charge in [-0.25, -0.2) is 14.4 Å². The fraction of sp³-hybridized carbons (Fsp3) is 0.493. The molecule has 0 radical (unpaired) electrons. The molecule has 8 aromatic rings. The number of carbonyl (C=O) groups excluding carboxylic acids is 6. The van der Waals surface area contributed by atoms with E-state index < -0.39 is 6.04 Å². The van der Waals surface area contributed by atoms with Gasteiger partial charge in [-0.1, -0.05) is 46.4 Å². The Bertz CT molecular complexity index is 4230. The number of aromatic nitrogens is 8. The minimum atomic E-state index is -0.504. The van der Waals surface area contributed by atoms with Crippen LogP contribution in [0.3, 0.4) is 0 Å². The van der Waals surface area contributed by atoms with Gasteiger partial charge in [0.2, 0.25) is 11.8 Å². The number of anilines is 4. The average Bonchev–Trinajstić information content (AvgIpc) is 1.06. The molecule has 1 atom stereocenters. The number of benzene rings is 4. The summed E-state index contributed by atoms with van der Waals surface area (Å²) in [5, 5.41) is 43.8. The molecule has 27 nitrogen and oxygen atoms in total. The molecule has 4 aromatic heterocycles. The van der Waals surface area contributed by atoms with E-state index in [4.69, 9.17) is 51.1 Å². The summed E-state index contributed by atoms with van der Waals surface area (Å²) in [6.45, 7) is 15.8. The van der Waals surface area contributed by atoms with E-state index in [-0.39, 0.29) is 60.4 Å². The van der Waals surface area contributed by atoms with E-state index in [1.165, 1.54) is 11.8 Å². The zero-order chi connectivity index (χ0) is 68.4. The normalized spacial score (nSPS) is 20.3. The quantitative estimate of drug-likeness (QED) is 0.0630. The van der Waals surface area contributed by atoms with Gasteiger partial charge in [-0.3, -0.25) is 39.7 Å². The van der Waals surface area contributed by atoms with Gasteiger partial charge in [-0.05, 0) is 106 Å². The highest BCUT2D eigenvalue weighted by Crippen LogP contribution is 2.39. The van der Waals surface area contributed by atoms with Gasteiger partial charge in [-0.2, -0.15) is 20.4 Å². The number of aromatic amines is 4. The number of ether oxygens (including phenoxy) is 1. The van der Waals surface area contributed by atoms with E-state index >= 15 is 0 Å². The number of rotatable bonds is 10. The van der Waals surface area contributed by atoms with Crippen LogP contribution in [0, 0.1) is 5.92 Å². The van der Waals surface area contributed by atoms with E-state index in [2.05, 4.69) is 76.3 Å². The van der Waals surface area contributed by atoms with Gasteiger partial charge >= 0.3 is 18.1 Å². The van der Waals surface area contributed by atoms with Crippen molar-refractivity contribution in [3.63, 3.8) is 0 Å². The van der Waals surface area contributed by atoms with Gasteiger partial charge in [0, 0.05) is 202 Å². The third kappa shape index (κ3) is 14.8. The molecule has 8 aliphatic heterocycles. The second-order valence-corrected chi connectivity index (χ2v) is 28.2. The Hall–Kier alpha value is -8.50. The van der Waals surface area contributed by atoms with Crippen LogP contribution in [0.4, 0.5) is 37.1 Å². The molecule has 16 rings (SSSR count). The van der Waals surface area contributed by atoms with Crippen LogP contribution in [0.2, 0.25) is 20.1 Å². The Morgan fingerprint density at radius 2 is 0.990 bits per heavy atom. The largest absolute Gasteiger partial charge is 0.371 e. The Morgan fingerprint density at radius 1 is 0.551 bits per heavy atom. The SMILES string of the molecule is CC(=O)N1CCOC2(CCN(c3cc(Cl)cc4[nH]ncc34)CC2)C1.CC(=O)NCCN1C(=O)NC(C2CCN(c3cc(Cl)cc4[nH]ncc34)CC2)C1=O.CN1CCN(C2CCN(c3cc(Cl)cc4[nH]ncc34)CC2)C1=O.O=C1NCCN1C1CCN(c2cc(Cl)cc3[nH]ncc23)CC1. The number of morpholine rings is 1. The summed E-state index contributed by atoms with van der Waals surface area (Å²) < 4.78 is 6.10. The van der Waals surface area contributed by atoms with Crippen molar-refractivity contribution in [2.45, 2.75) is 88.9 Å². The number of nitrogens with one attached hydrogen (secondary N) is 7. The first-order valence-corrected chi connectivity index (χ1v) is 35.2. The summed E-state index contributed by atoms with van der Waals surface area (Å²) in [5.74, 6) is -0.185. The van der Waals surface area contributed by atoms with Crippen molar-refractivity contribution in [2.75, 3.05) is 138 Å². The lowest BCUT2D eigenvalue weighted by Gasteiger charge is -2.47. The summed E-state index contributed by atoms with van der Waals surface area (Å²) in [7, 11) is 1.87. The Kier molecular flexibility index (Phi) is 20.5. The number of fused-ring (bicyclic) bond motifs is 4. The van der Waals surface area contributed by atoms with Crippen LogP contribution in [0.1, 0.15) is 65.2 Å². The summed E-state index contributed by atoms with van der Waals surface area (Å²) in [6.07, 6.45) is 14.7. The minimum Gasteiger partial charge on any atom is -0.371 e. The summed E-state index contributed by atoms with van der Waals surface area (Å²) in [4.78, 5) is 89.7. The standard InChI is InChI=1S/C19H23ClN6O3.C17H21ClN4O2.C16H20ClN5O.C15H18ClN5O/c1-11(27)21-4-7-26-18(28)17(23-19(26)29)12-2-5-25(6-3-12)16-9-13(20)8-15-14(16)10-22-24-15;1-12(23)22-6-7-24-17(11-22)2-4-21(5-3-17)16-9-13(18)8-15-14(16)10-19-20-15;1-20-6-7-22(16(20)23)12-2-4-21(5-3-12)15-9-11(17)8-14-13(15)10-18-19-14;16-10-7-13-12(9-18-19-13)14(8-10)20-4-1-11(2-5-20)21-6-3-17-15(21)22/h8-10,12,17H,2-7H2,1H3,(H,21,27)(H,22,24)(H,23,29);8-10H,2-7,11H2,1H3,(H,19,20);8-10,12H,2-7H2,1H3,(H,18,19);7-9,11H,1-6H2,(H,17,22)(H,18,19). The number of H-pyrrole nitrogens is 4. The number of halogens is 4. The van der Waals surface area contributed by atoms with Crippen molar-refractivity contribution in [3.8, 4) is 0 Å². The topological polar surface area (TPSA) is 292 Å². The van der Waals surface area contributed by atoms with E-state index in [0.29, 0.717) is 46.8 Å². The maximum atomic E-state index is 12.7. The van der Waals surface area contributed by atoms with Crippen molar-refractivity contribution < 1.29 is 33.5 Å². The number of hydrogen-bond donors (Lipinski definition) is 7. The molecule has 0 bridgehead atoms. The third-order valence-corrected chi connectivity index (χ3v) is 21.3. The zero-order valence-electron chi connectivity index (χ0n) is 55.1. The van der Waals surface area contributed by atoms with Crippen molar-refractivity contribution in [1.29, 1.82) is 0 Å². The number of hydrogen-bond acceptors (Lipinski definition) is 15. The Labute approximate surface area is 586 Å². The van der Waals surface area contributed by atoms with E-state index in [1.54, 1.807) is 18.0 Å². The second kappa shape index (κ2) is 29.5. The second-order valence-electron chi connectivity index (χ2n) is 26.5. The van der Waals surface area contributed by atoms with Gasteiger partial charge in [0.25, 0.3) is 5.91 Å². The maximum Gasteiger partial charge on any atom is 0.324 e. The van der Waals surface area contributed by atoms with Crippen molar-refractivity contribution in [1.82, 2.24) is 81.2 Å². The summed E-state index contributed by atoms with van der Waals surface area (Å²) >= 11 is 24.9. The first-order chi connectivity index (χ1) is 47.3. The first-order valence-electron chi connectivity index (χ1n) is 33.7. The van der Waals surface area contributed by atoms with Gasteiger partial charge in [0.1, 0.15) is 6.04 Å². The van der Waals surface area contributed by atoms with Crippen LogP contribution < -0.4 is 35.6 Å². The molecule has 98 heavy (non-hydrogen) atoms. The molecule has 9 amide bonds. The summed E-state index contributed by atoms with van der Waals surface area (Å²) in [5.41, 5.74) is 7.96. The van der Waals surface area contributed by atoms with Crippen LogP contribution >= 0.6 is 46.4 Å². The van der Waals surface area contributed by atoms with Crippen molar-refractivity contribution in [3.05, 3.63) is 93.4 Å². The molecule has 8 fully saturated rings. The molecular weight excluding hydrogens is 1340 g/mol. The fourth-order valence-electron chi connectivity index (χ4n) is 15.2. The molecule has 31 heteroatoms. The molecule has 1 unspecified atom stereocenters. The number of piperidine rings is 4. The Balaban J connectivity index is 0.000000118. The number of likely N-dealkylation sites (N-methyl/N-ethyl adjacent to an activating group) is 1. The molecule has 8 saturated heterocycles. The predicted octanol–water partition coefficient (Wildman–Crippen LogP) is 8.69. The van der Waals surface area contributed by atoms with Gasteiger partial charge in [0.15, 0.2) is 0 Å². The van der Waals surface area contributed by atoms with E-state index in [9.17, 15) is 28.8 Å². The molecule has 4 aromatic carbocycles. The average molecular weight is 1420 g/mol. The smallest absolute Gasteiger partial charge is 0.324 e. The lowest BCUT2D eigenvalue weighted by molar-refractivity contribution is -0.152. The molecule has 0 aliphatic carbocycles. The van der Waals surface area contributed by atoms with E-state index in [0.717, 1.165) is 201 Å². The fourth-order valence-corrected chi connectivity index (χ4v) is 16.0. The lowest BCUT2D eigenvalue weighted by atomic mass is 9.89. The monoisotopic (exact) mass is 1420 g/mol. The number of nitrogens with zero attached hydrogens (tertiary/aromatic N) is 13. The highest BCUT2D eigenvalue weighted by molar-refractivity contribution is 6.33. The van der Waals surface area contributed by atoms with Crippen LogP contribution in [-0.4, -0.2) is 243 Å². The first kappa shape index (κ1) is 68.0. The summed E-state index contributed by atoms with van der Waals surface area (Å²) in [6, 6.07) is 15.5. The van der Waals surface area contributed by atoms with Crippen LogP contribution in [0.5, 0.6) is 0 Å². The van der Waals surface area contributed by atoms with Crippen LogP contribution in [0.25, 0.3) is 43.6 Å². The molecule has 7 N–H and O–H groups in total. The predicted molar refractivity (Wildman–Crippen MR) is 380 cm³/mol. The number of carbonyl (C=O) groups is 6. The van der Waals surface area contributed by atoms with Crippen LogP contribution in [-0.2, 0) is 19.1 Å². The van der Waals surface area contributed by atoms with Gasteiger partial charge in [-0.15, -0.1) is 0 Å². The molecule has 1 spiro atoms. The van der Waals surface area contributed by atoms with Crippen LogP contribution in [0.15, 0.2) is 73.3 Å². The van der Waals surface area contributed by atoms with Crippen molar-refractivity contribution >= 4 is 149 Å². The number of urea groups is 3. The molecule has 520 valence electrons. The van der Waals surface area contributed by atoms with E-state index in [1.807, 2.05) is 88.9 Å². The minimum absolute atomic E-state index is 0.0764. The van der Waals surface area contributed by atoms with Crippen molar-refractivity contribution in [2.24, 2.45) is 5.92 Å². The highest BCUT2D eigenvalue weighted by Gasteiger charge is 2.44. The molecular formula is C67H82Cl4N20O7. The highest BCUT2D eigenvalue weighted by atomic mass is 35.5. The zero-order valence-corrected chi connectivity index (χ0v) is 58.1. The molecule has 12 heterocycles. The molecule has 0 saturated carbocycles. The lowest BCUT2D eigenvalue weighted by Crippen LogP contribution is -2.57. The number of amides is 9. The number of imide groups is 1.